The van der Waals surface area contributed by atoms with Gasteiger partial charge in [0, 0.05) is 38.5 Å². The first-order chi connectivity index (χ1) is 22.2. The van der Waals surface area contributed by atoms with Crippen LogP contribution in [0.2, 0.25) is 0 Å². The summed E-state index contributed by atoms with van der Waals surface area (Å²) in [5.74, 6) is 0.993. The summed E-state index contributed by atoms with van der Waals surface area (Å²) in [5, 5.41) is 14.2. The van der Waals surface area contributed by atoms with Crippen LogP contribution in [-0.4, -0.2) is 24.6 Å². The van der Waals surface area contributed by atoms with Gasteiger partial charge >= 0.3 is 0 Å². The minimum Gasteiger partial charge on any atom is -0.506 e. The van der Waals surface area contributed by atoms with Gasteiger partial charge in [0.15, 0.2) is 0 Å². The Morgan fingerprint density at radius 3 is 2.09 bits per heavy atom. The van der Waals surface area contributed by atoms with E-state index in [0.29, 0.717) is 5.52 Å². The molecule has 6 aromatic carbocycles. The minimum absolute atomic E-state index is 0.152. The van der Waals surface area contributed by atoms with E-state index in [1.165, 1.54) is 5.39 Å². The van der Waals surface area contributed by atoms with Crippen LogP contribution < -0.4 is 0 Å². The van der Waals surface area contributed by atoms with Crippen molar-refractivity contribution in [1.29, 1.82) is 0 Å². The highest BCUT2D eigenvalue weighted by molar-refractivity contribution is 6.12. The highest BCUT2D eigenvalue weighted by Gasteiger charge is 2.21. The van der Waals surface area contributed by atoms with Crippen LogP contribution in [0.4, 0.5) is 0 Å². The zero-order valence-electron chi connectivity index (χ0n) is 24.1. The van der Waals surface area contributed by atoms with Gasteiger partial charge in [0.05, 0.1) is 22.2 Å². The summed E-state index contributed by atoms with van der Waals surface area (Å²) in [4.78, 5) is 14.1. The summed E-state index contributed by atoms with van der Waals surface area (Å²) in [6.45, 7) is 0. The Bertz CT molecular complexity index is 2550. The van der Waals surface area contributed by atoms with Crippen molar-refractivity contribution in [3.8, 4) is 45.2 Å². The van der Waals surface area contributed by atoms with Gasteiger partial charge in [-0.2, -0.15) is 0 Å². The molecule has 9 aromatic rings. The second-order valence-electron chi connectivity index (χ2n) is 11.3. The van der Waals surface area contributed by atoms with Crippen molar-refractivity contribution in [2.45, 2.75) is 0 Å². The Labute approximate surface area is 258 Å². The number of nitrogens with zero attached hydrogens (tertiary/aromatic N) is 3. The Morgan fingerprint density at radius 1 is 0.533 bits per heavy atom. The first kappa shape index (κ1) is 25.3. The summed E-state index contributed by atoms with van der Waals surface area (Å²) in [6, 6.07) is 49.4. The van der Waals surface area contributed by atoms with Gasteiger partial charge in [-0.05, 0) is 53.6 Å². The number of rotatable bonds is 4. The molecule has 45 heavy (non-hydrogen) atoms. The lowest BCUT2D eigenvalue weighted by Gasteiger charge is -2.12. The molecule has 212 valence electrons. The van der Waals surface area contributed by atoms with Crippen LogP contribution >= 0.6 is 0 Å². The van der Waals surface area contributed by atoms with E-state index >= 15 is 0 Å². The van der Waals surface area contributed by atoms with Gasteiger partial charge in [-0.25, -0.2) is 9.97 Å². The number of pyridine rings is 1. The third kappa shape index (κ3) is 3.95. The van der Waals surface area contributed by atoms with Gasteiger partial charge < -0.3 is 10.1 Å². The van der Waals surface area contributed by atoms with Crippen molar-refractivity contribution in [1.82, 2.24) is 19.5 Å². The molecule has 0 saturated carbocycles. The molecule has 9 rings (SSSR count). The Morgan fingerprint density at radius 2 is 1.22 bits per heavy atom. The number of phenols is 1. The SMILES string of the molecule is Oc1cccc2c(-c3ccccc3)cc(-c3cccc4c3nc(-c3cccc5c3[nH]c3ccccc35)n4-c3ccccc3)nc12. The lowest BCUT2D eigenvalue weighted by molar-refractivity contribution is 0.480. The summed E-state index contributed by atoms with van der Waals surface area (Å²) in [7, 11) is 0. The van der Waals surface area contributed by atoms with Crippen molar-refractivity contribution in [2.75, 3.05) is 0 Å². The lowest BCUT2D eigenvalue weighted by atomic mass is 9.97. The first-order valence-corrected chi connectivity index (χ1v) is 15.0. The van der Waals surface area contributed by atoms with E-state index in [9.17, 15) is 5.11 Å². The molecule has 0 unspecified atom stereocenters. The first-order valence-electron chi connectivity index (χ1n) is 15.0. The maximum absolute atomic E-state index is 10.9. The second kappa shape index (κ2) is 9.93. The Balaban J connectivity index is 1.36. The molecule has 0 aliphatic carbocycles. The van der Waals surface area contributed by atoms with Gasteiger partial charge in [0.1, 0.15) is 17.1 Å². The van der Waals surface area contributed by atoms with Crippen LogP contribution in [0.5, 0.6) is 5.75 Å². The van der Waals surface area contributed by atoms with E-state index in [-0.39, 0.29) is 5.75 Å². The molecule has 0 saturated heterocycles. The third-order valence-electron chi connectivity index (χ3n) is 8.66. The van der Waals surface area contributed by atoms with E-state index in [1.54, 1.807) is 6.07 Å². The number of nitrogens with one attached hydrogen (secondary N) is 1. The third-order valence-corrected chi connectivity index (χ3v) is 8.66. The van der Waals surface area contributed by atoms with Crippen molar-refractivity contribution in [2.24, 2.45) is 0 Å². The van der Waals surface area contributed by atoms with E-state index in [2.05, 4.69) is 113 Å². The molecule has 0 aliphatic heterocycles. The van der Waals surface area contributed by atoms with Crippen LogP contribution in [0.15, 0.2) is 146 Å². The van der Waals surface area contributed by atoms with Gasteiger partial charge in [0.25, 0.3) is 0 Å². The molecule has 5 heteroatoms. The van der Waals surface area contributed by atoms with Crippen molar-refractivity contribution < 1.29 is 5.11 Å². The molecule has 0 fully saturated rings. The van der Waals surface area contributed by atoms with Gasteiger partial charge in [-0.1, -0.05) is 103 Å². The van der Waals surface area contributed by atoms with Gasteiger partial charge in [-0.15, -0.1) is 0 Å². The maximum Gasteiger partial charge on any atom is 0.147 e. The number of aromatic hydroxyl groups is 1. The monoisotopic (exact) mass is 578 g/mol. The fourth-order valence-electron chi connectivity index (χ4n) is 6.61. The van der Waals surface area contributed by atoms with Crippen LogP contribution in [0, 0.1) is 0 Å². The standard InChI is InChI=1S/C40H26N4O/c45-36-23-11-18-29-32(25-12-3-1-4-13-25)24-34(42-39(29)36)30-19-10-22-35-38(30)43-40(44(35)26-14-5-2-6-15-26)31-20-9-17-28-27-16-7-8-21-33(27)41-37(28)31/h1-24,41,45H. The van der Waals surface area contributed by atoms with Crippen LogP contribution in [-0.2, 0) is 0 Å². The van der Waals surface area contributed by atoms with Crippen LogP contribution in [0.1, 0.15) is 0 Å². The zero-order chi connectivity index (χ0) is 29.9. The van der Waals surface area contributed by atoms with Gasteiger partial charge in [-0.3, -0.25) is 4.57 Å². The number of aromatic amines is 1. The number of fused-ring (bicyclic) bond motifs is 5. The number of hydrogen-bond acceptors (Lipinski definition) is 3. The molecule has 0 aliphatic rings. The largest absolute Gasteiger partial charge is 0.506 e. The molecule has 0 bridgehead atoms. The summed E-state index contributed by atoms with van der Waals surface area (Å²) >= 11 is 0. The van der Waals surface area contributed by atoms with E-state index < -0.39 is 0 Å². The smallest absolute Gasteiger partial charge is 0.147 e. The van der Waals surface area contributed by atoms with E-state index in [1.807, 2.05) is 36.4 Å². The molecule has 2 N–H and O–H groups in total. The molecule has 3 aromatic heterocycles. The molecule has 0 radical (unpaired) electrons. The Kier molecular flexibility index (Phi) is 5.59. The van der Waals surface area contributed by atoms with Crippen molar-refractivity contribution >= 4 is 43.7 Å². The average molecular weight is 579 g/mol. The summed E-state index contributed by atoms with van der Waals surface area (Å²) in [5.41, 5.74) is 10.3. The van der Waals surface area contributed by atoms with Crippen LogP contribution in [0.25, 0.3) is 83.2 Å². The number of para-hydroxylation sites is 5. The average Bonchev–Trinajstić information content (AvgIpc) is 3.68. The van der Waals surface area contributed by atoms with E-state index in [0.717, 1.165) is 72.3 Å². The van der Waals surface area contributed by atoms with Gasteiger partial charge in [0.2, 0.25) is 0 Å². The number of imidazole rings is 1. The second-order valence-corrected chi connectivity index (χ2v) is 11.3. The molecule has 0 spiro atoms. The van der Waals surface area contributed by atoms with Crippen LogP contribution in [0.3, 0.4) is 0 Å². The quantitative estimate of drug-likeness (QED) is 0.218. The predicted molar refractivity (Wildman–Crippen MR) is 184 cm³/mol. The molecular formula is C40H26N4O. The fraction of sp³-hybridized carbons (Fsp3) is 0. The fourth-order valence-corrected chi connectivity index (χ4v) is 6.61. The van der Waals surface area contributed by atoms with E-state index in [4.69, 9.17) is 9.97 Å². The number of aromatic nitrogens is 4. The maximum atomic E-state index is 10.9. The summed E-state index contributed by atoms with van der Waals surface area (Å²) < 4.78 is 2.23. The Hall–Kier alpha value is -6.20. The molecular weight excluding hydrogens is 552 g/mol. The highest BCUT2D eigenvalue weighted by Crippen LogP contribution is 2.40. The zero-order valence-corrected chi connectivity index (χ0v) is 24.1. The molecule has 0 atom stereocenters. The normalized spacial score (nSPS) is 11.6. The summed E-state index contributed by atoms with van der Waals surface area (Å²) in [6.07, 6.45) is 0. The molecule has 3 heterocycles. The number of hydrogen-bond donors (Lipinski definition) is 2. The van der Waals surface area contributed by atoms with Crippen molar-refractivity contribution in [3.63, 3.8) is 0 Å². The van der Waals surface area contributed by atoms with Crippen molar-refractivity contribution in [3.05, 3.63) is 146 Å². The highest BCUT2D eigenvalue weighted by atomic mass is 16.3. The minimum atomic E-state index is 0.152. The predicted octanol–water partition coefficient (Wildman–Crippen LogP) is 9.91. The topological polar surface area (TPSA) is 66.7 Å². The molecule has 0 amide bonds. The number of H-pyrrole nitrogens is 1. The number of phenolic OH excluding ortho intramolecular Hbond substituents is 1. The lowest BCUT2D eigenvalue weighted by Crippen LogP contribution is -1.97. The number of benzene rings is 6. The molecule has 5 nitrogen and oxygen atoms in total.